The molecule has 0 aromatic carbocycles. The van der Waals surface area contributed by atoms with Crippen molar-refractivity contribution in [3.63, 3.8) is 0 Å². The van der Waals surface area contributed by atoms with Crippen LogP contribution in [-0.2, 0) is 22.6 Å². The van der Waals surface area contributed by atoms with Gasteiger partial charge in [0.25, 0.3) is 5.91 Å². The maximum Gasteiger partial charge on any atom is 0.325 e. The molecule has 1 aromatic rings. The van der Waals surface area contributed by atoms with Gasteiger partial charge in [-0.05, 0) is 36.3 Å². The molecule has 1 aliphatic carbocycles. The Hall–Kier alpha value is -1.89. The summed E-state index contributed by atoms with van der Waals surface area (Å²) in [6.07, 6.45) is 4.47. The highest BCUT2D eigenvalue weighted by Crippen LogP contribution is 2.35. The van der Waals surface area contributed by atoms with E-state index in [1.165, 1.54) is 15.3 Å². The first kappa shape index (κ1) is 15.6. The number of carbonyl (C=O) groups excluding carboxylic acids is 3. The Morgan fingerprint density at radius 3 is 2.88 bits per heavy atom. The van der Waals surface area contributed by atoms with Crippen LogP contribution in [0.4, 0.5) is 4.79 Å². The molecule has 4 amide bonds. The first-order chi connectivity index (χ1) is 11.6. The molecule has 4 rings (SSSR count). The smallest absolute Gasteiger partial charge is 0.325 e. The molecule has 128 valence electrons. The maximum atomic E-state index is 12.6. The highest BCUT2D eigenvalue weighted by Gasteiger charge is 2.52. The van der Waals surface area contributed by atoms with Crippen molar-refractivity contribution in [2.75, 3.05) is 13.1 Å². The third-order valence-electron chi connectivity index (χ3n) is 5.41. The van der Waals surface area contributed by atoms with Crippen LogP contribution in [0.2, 0.25) is 0 Å². The van der Waals surface area contributed by atoms with Crippen LogP contribution in [0.25, 0.3) is 0 Å². The van der Waals surface area contributed by atoms with Crippen LogP contribution < -0.4 is 5.32 Å². The van der Waals surface area contributed by atoms with Crippen LogP contribution in [0, 0.1) is 0 Å². The number of amides is 4. The minimum Gasteiger partial charge on any atom is -0.338 e. The summed E-state index contributed by atoms with van der Waals surface area (Å²) in [7, 11) is 0. The van der Waals surface area contributed by atoms with Crippen molar-refractivity contribution in [3.05, 3.63) is 21.9 Å². The van der Waals surface area contributed by atoms with E-state index in [4.69, 9.17) is 0 Å². The number of imide groups is 1. The molecular weight excluding hydrogens is 326 g/mol. The van der Waals surface area contributed by atoms with Gasteiger partial charge in [-0.15, -0.1) is 11.3 Å². The third-order valence-corrected chi connectivity index (χ3v) is 6.44. The molecule has 2 aliphatic heterocycles. The lowest BCUT2D eigenvalue weighted by Gasteiger charge is -2.27. The van der Waals surface area contributed by atoms with Crippen LogP contribution >= 0.6 is 11.3 Å². The van der Waals surface area contributed by atoms with Crippen molar-refractivity contribution in [2.24, 2.45) is 0 Å². The lowest BCUT2D eigenvalue weighted by atomic mass is 9.98. The summed E-state index contributed by atoms with van der Waals surface area (Å²) >= 11 is 1.74. The second-order valence-corrected chi connectivity index (χ2v) is 7.86. The van der Waals surface area contributed by atoms with Gasteiger partial charge in [0, 0.05) is 30.9 Å². The van der Waals surface area contributed by atoms with Crippen molar-refractivity contribution in [2.45, 2.75) is 50.6 Å². The van der Waals surface area contributed by atoms with Gasteiger partial charge in [-0.3, -0.25) is 14.5 Å². The first-order valence-electron chi connectivity index (χ1n) is 8.56. The predicted molar refractivity (Wildman–Crippen MR) is 89.5 cm³/mol. The molecule has 0 atom stereocenters. The van der Waals surface area contributed by atoms with E-state index in [0.717, 1.165) is 38.6 Å². The number of fused-ring (bicyclic) bond motifs is 1. The maximum absolute atomic E-state index is 12.6. The number of nitrogens with zero attached hydrogens (tertiary/aromatic N) is 2. The summed E-state index contributed by atoms with van der Waals surface area (Å²) in [6.45, 7) is 1.54. The highest BCUT2D eigenvalue weighted by atomic mass is 32.1. The zero-order valence-corrected chi connectivity index (χ0v) is 14.4. The SMILES string of the molecule is O=C(CCN1C(=O)NC2(CCCC2)C1=O)N1CCc2sccc2C1. The fourth-order valence-corrected chi connectivity index (χ4v) is 4.91. The van der Waals surface area contributed by atoms with E-state index in [0.29, 0.717) is 6.54 Å². The predicted octanol–water partition coefficient (Wildman–Crippen LogP) is 1.89. The highest BCUT2D eigenvalue weighted by molar-refractivity contribution is 7.10. The average Bonchev–Trinajstić information content (AvgIpc) is 3.27. The second kappa shape index (κ2) is 5.88. The van der Waals surface area contributed by atoms with Crippen molar-refractivity contribution < 1.29 is 14.4 Å². The lowest BCUT2D eigenvalue weighted by molar-refractivity contribution is -0.134. The van der Waals surface area contributed by atoms with E-state index in [-0.39, 0.29) is 30.8 Å². The van der Waals surface area contributed by atoms with Crippen LogP contribution in [0.1, 0.15) is 42.5 Å². The molecule has 0 bridgehead atoms. The minimum absolute atomic E-state index is 0.0137. The number of hydrogen-bond acceptors (Lipinski definition) is 4. The quantitative estimate of drug-likeness (QED) is 0.849. The molecule has 3 aliphatic rings. The van der Waals surface area contributed by atoms with Gasteiger partial charge in [0.1, 0.15) is 5.54 Å². The Kier molecular flexibility index (Phi) is 3.83. The number of thiophene rings is 1. The first-order valence-corrected chi connectivity index (χ1v) is 9.44. The molecule has 7 heteroatoms. The fourth-order valence-electron chi connectivity index (χ4n) is 4.02. The molecule has 6 nitrogen and oxygen atoms in total. The number of urea groups is 1. The molecule has 3 heterocycles. The Morgan fingerprint density at radius 1 is 1.29 bits per heavy atom. The van der Waals surface area contributed by atoms with Gasteiger partial charge >= 0.3 is 6.03 Å². The van der Waals surface area contributed by atoms with E-state index < -0.39 is 5.54 Å². The molecule has 1 saturated carbocycles. The van der Waals surface area contributed by atoms with E-state index >= 15 is 0 Å². The standard InChI is InChI=1S/C17H21N3O3S/c21-14(19-8-3-13-12(11-19)5-10-24-13)4-9-20-15(22)17(18-16(20)23)6-1-2-7-17/h5,10H,1-4,6-9,11H2,(H,18,23). The Bertz CT molecular complexity index is 693. The van der Waals surface area contributed by atoms with Crippen LogP contribution in [0.5, 0.6) is 0 Å². The molecule has 0 unspecified atom stereocenters. The zero-order chi connectivity index (χ0) is 16.7. The van der Waals surface area contributed by atoms with Gasteiger partial charge in [-0.1, -0.05) is 12.8 Å². The topological polar surface area (TPSA) is 69.7 Å². The van der Waals surface area contributed by atoms with Crippen LogP contribution in [0.15, 0.2) is 11.4 Å². The number of rotatable bonds is 3. The van der Waals surface area contributed by atoms with E-state index in [9.17, 15) is 14.4 Å². The van der Waals surface area contributed by atoms with E-state index in [1.807, 2.05) is 4.90 Å². The molecule has 1 N–H and O–H groups in total. The Balaban J connectivity index is 1.36. The monoisotopic (exact) mass is 347 g/mol. The minimum atomic E-state index is -0.684. The average molecular weight is 347 g/mol. The second-order valence-electron chi connectivity index (χ2n) is 6.86. The molecule has 2 fully saturated rings. The summed E-state index contributed by atoms with van der Waals surface area (Å²) in [5.41, 5.74) is 0.538. The van der Waals surface area contributed by atoms with Gasteiger partial charge in [0.05, 0.1) is 0 Å². The molecule has 1 saturated heterocycles. The van der Waals surface area contributed by atoms with Crippen molar-refractivity contribution in [1.82, 2.24) is 15.1 Å². The van der Waals surface area contributed by atoms with Crippen LogP contribution in [0.3, 0.4) is 0 Å². The van der Waals surface area contributed by atoms with E-state index in [1.54, 1.807) is 11.3 Å². The number of carbonyl (C=O) groups is 3. The lowest BCUT2D eigenvalue weighted by Crippen LogP contribution is -2.44. The fraction of sp³-hybridized carbons (Fsp3) is 0.588. The molecule has 24 heavy (non-hydrogen) atoms. The Labute approximate surface area is 144 Å². The summed E-state index contributed by atoms with van der Waals surface area (Å²) in [5.74, 6) is -0.128. The largest absolute Gasteiger partial charge is 0.338 e. The van der Waals surface area contributed by atoms with E-state index in [2.05, 4.69) is 16.8 Å². The van der Waals surface area contributed by atoms with Crippen molar-refractivity contribution >= 4 is 29.2 Å². The van der Waals surface area contributed by atoms with Gasteiger partial charge in [0.2, 0.25) is 5.91 Å². The number of nitrogens with one attached hydrogen (secondary N) is 1. The molecule has 1 spiro atoms. The van der Waals surface area contributed by atoms with Crippen LogP contribution in [-0.4, -0.2) is 46.3 Å². The molecular formula is C17H21N3O3S. The molecule has 0 radical (unpaired) electrons. The summed E-state index contributed by atoms with van der Waals surface area (Å²) in [4.78, 5) is 41.6. The third kappa shape index (κ3) is 2.51. The van der Waals surface area contributed by atoms with Gasteiger partial charge < -0.3 is 10.2 Å². The summed E-state index contributed by atoms with van der Waals surface area (Å²) in [5, 5.41) is 4.92. The van der Waals surface area contributed by atoms with Crippen molar-refractivity contribution in [1.29, 1.82) is 0 Å². The van der Waals surface area contributed by atoms with Gasteiger partial charge in [0.15, 0.2) is 0 Å². The van der Waals surface area contributed by atoms with Gasteiger partial charge in [-0.2, -0.15) is 0 Å². The molecule has 1 aromatic heterocycles. The normalized spacial score (nSPS) is 22.2. The summed E-state index contributed by atoms with van der Waals surface area (Å²) in [6, 6.07) is 1.73. The number of hydrogen-bond donors (Lipinski definition) is 1. The zero-order valence-electron chi connectivity index (χ0n) is 13.5. The van der Waals surface area contributed by atoms with Crippen molar-refractivity contribution in [3.8, 4) is 0 Å². The summed E-state index contributed by atoms with van der Waals surface area (Å²) < 4.78 is 0. The Morgan fingerprint density at radius 2 is 2.08 bits per heavy atom. The van der Waals surface area contributed by atoms with Gasteiger partial charge in [-0.25, -0.2) is 4.79 Å².